The van der Waals surface area contributed by atoms with E-state index >= 15 is 0 Å². The van der Waals surface area contributed by atoms with Crippen molar-refractivity contribution in [2.24, 2.45) is 0 Å². The van der Waals surface area contributed by atoms with Gasteiger partial charge in [-0.2, -0.15) is 0 Å². The fraction of sp³-hybridized carbons (Fsp3) is 0.217. The number of thioether (sulfide) groups is 1. The maximum absolute atomic E-state index is 12.9. The van der Waals surface area contributed by atoms with Gasteiger partial charge in [-0.1, -0.05) is 46.9 Å². The van der Waals surface area contributed by atoms with Crippen LogP contribution in [0.3, 0.4) is 0 Å². The Morgan fingerprint density at radius 3 is 2.13 bits per heavy atom. The quantitative estimate of drug-likeness (QED) is 0.347. The van der Waals surface area contributed by atoms with Crippen LogP contribution in [0.1, 0.15) is 24.7 Å². The average Bonchev–Trinajstić information content (AvgIpc) is 2.74. The lowest BCUT2D eigenvalue weighted by atomic mass is 10.1. The lowest BCUT2D eigenvalue weighted by Gasteiger charge is -2.26. The fourth-order valence-corrected chi connectivity index (χ4v) is 4.16. The summed E-state index contributed by atoms with van der Waals surface area (Å²) in [5.41, 5.74) is -0.0706. The number of amides is 1. The summed E-state index contributed by atoms with van der Waals surface area (Å²) in [5, 5.41) is 4.80. The van der Waals surface area contributed by atoms with Crippen LogP contribution in [0.25, 0.3) is 0 Å². The highest BCUT2D eigenvalue weighted by atomic mass is 35.5. The number of hydrogen-bond donors (Lipinski definition) is 1. The Hall–Kier alpha value is -1.92. The van der Waals surface area contributed by atoms with Gasteiger partial charge in [0.25, 0.3) is 5.91 Å². The van der Waals surface area contributed by atoms with Gasteiger partial charge in [-0.05, 0) is 61.9 Å². The van der Waals surface area contributed by atoms with E-state index in [1.807, 2.05) is 48.5 Å². The molecule has 0 aliphatic heterocycles. The van der Waals surface area contributed by atoms with E-state index in [9.17, 15) is 4.79 Å². The topological polar surface area (TPSA) is 51.2 Å². The van der Waals surface area contributed by atoms with Crippen LogP contribution in [0, 0.1) is 0 Å². The summed E-state index contributed by atoms with van der Waals surface area (Å²) in [4.78, 5) is 18.0. The Bertz CT molecular complexity index is 1010. The molecule has 0 fully saturated rings. The number of rotatable bonds is 8. The minimum Gasteiger partial charge on any atom is -0.462 e. The van der Waals surface area contributed by atoms with Crippen molar-refractivity contribution >= 4 is 52.5 Å². The summed E-state index contributed by atoms with van der Waals surface area (Å²) in [6.07, 6.45) is 1.48. The van der Waals surface area contributed by atoms with Crippen LogP contribution in [-0.4, -0.2) is 23.0 Å². The summed E-state index contributed by atoms with van der Waals surface area (Å²) in [7, 11) is 0. The molecule has 0 aliphatic rings. The van der Waals surface area contributed by atoms with E-state index in [-0.39, 0.29) is 11.2 Å². The maximum Gasteiger partial charge on any atom is 0.263 e. The van der Waals surface area contributed by atoms with Crippen LogP contribution in [0.4, 0.5) is 0 Å². The van der Waals surface area contributed by atoms with Crippen molar-refractivity contribution in [2.75, 3.05) is 6.54 Å². The van der Waals surface area contributed by atoms with Crippen LogP contribution in [0.2, 0.25) is 15.1 Å². The molecule has 0 spiro atoms. The first kappa shape index (κ1) is 23.7. The number of carbonyl (C=O) groups excluding carboxylic acids is 1. The summed E-state index contributed by atoms with van der Waals surface area (Å²) >= 11 is 19.5. The monoisotopic (exact) mass is 494 g/mol. The normalized spacial score (nSPS) is 12.3. The van der Waals surface area contributed by atoms with Crippen molar-refractivity contribution in [1.29, 1.82) is 0 Å². The average molecular weight is 496 g/mol. The predicted molar refractivity (Wildman–Crippen MR) is 128 cm³/mol. The van der Waals surface area contributed by atoms with Crippen molar-refractivity contribution in [3.8, 4) is 5.88 Å². The van der Waals surface area contributed by atoms with E-state index in [0.29, 0.717) is 27.5 Å². The highest BCUT2D eigenvalue weighted by molar-refractivity contribution is 7.99. The molecule has 0 saturated carbocycles. The van der Waals surface area contributed by atoms with Gasteiger partial charge >= 0.3 is 0 Å². The summed E-state index contributed by atoms with van der Waals surface area (Å²) in [6, 6.07) is 18.5. The van der Waals surface area contributed by atoms with Gasteiger partial charge in [0.05, 0.1) is 10.3 Å². The van der Waals surface area contributed by atoms with Crippen LogP contribution in [-0.2, 0) is 4.79 Å². The van der Waals surface area contributed by atoms with E-state index in [1.54, 1.807) is 37.7 Å². The Kier molecular flexibility index (Phi) is 8.11. The van der Waals surface area contributed by atoms with Gasteiger partial charge < -0.3 is 10.1 Å². The number of halogens is 3. The third-order valence-corrected chi connectivity index (χ3v) is 6.38. The van der Waals surface area contributed by atoms with Crippen LogP contribution in [0.15, 0.2) is 71.8 Å². The molecule has 1 aromatic heterocycles. The zero-order valence-corrected chi connectivity index (χ0v) is 20.0. The highest BCUT2D eigenvalue weighted by Gasteiger charge is 2.31. The van der Waals surface area contributed by atoms with Crippen molar-refractivity contribution in [3.63, 3.8) is 0 Å². The molecule has 0 saturated heterocycles. The summed E-state index contributed by atoms with van der Waals surface area (Å²) in [6.45, 7) is 3.79. The molecule has 1 atom stereocenters. The molecule has 4 nitrogen and oxygen atoms in total. The molecule has 1 N–H and O–H groups in total. The third-order valence-electron chi connectivity index (χ3n) is 4.39. The minimum absolute atomic E-state index is 0.0353. The number of hydrogen-bond acceptors (Lipinski definition) is 4. The Balaban J connectivity index is 1.70. The first-order valence-electron chi connectivity index (χ1n) is 9.49. The molecule has 162 valence electrons. The zero-order chi connectivity index (χ0) is 22.4. The Morgan fingerprint density at radius 1 is 0.968 bits per heavy atom. The molecule has 1 heterocycles. The Labute approximate surface area is 201 Å². The van der Waals surface area contributed by atoms with Crippen LogP contribution >= 0.6 is 46.6 Å². The van der Waals surface area contributed by atoms with Crippen LogP contribution < -0.4 is 10.1 Å². The molecule has 1 unspecified atom stereocenters. The molecule has 8 heteroatoms. The molecule has 3 rings (SSSR count). The number of benzene rings is 2. The summed E-state index contributed by atoms with van der Waals surface area (Å²) < 4.78 is 5.78. The van der Waals surface area contributed by atoms with Gasteiger partial charge in [-0.15, -0.1) is 11.8 Å². The summed E-state index contributed by atoms with van der Waals surface area (Å²) in [5.74, 6) is 0.0780. The molecule has 0 radical (unpaired) electrons. The first-order valence-corrected chi connectivity index (χ1v) is 11.5. The lowest BCUT2D eigenvalue weighted by Crippen LogP contribution is -2.47. The van der Waals surface area contributed by atoms with Gasteiger partial charge in [0.2, 0.25) is 5.88 Å². The zero-order valence-electron chi connectivity index (χ0n) is 16.9. The molecule has 0 bridgehead atoms. The molecule has 2 aromatic carbocycles. The van der Waals surface area contributed by atoms with Gasteiger partial charge in [0.1, 0.15) is 0 Å². The standard InChI is InChI=1S/C23H21Cl3N2O2S/c1-23(2,30-21-12-9-18(26)13-27-21)22(29)28-14-20(15-3-5-16(24)6-4-15)31-19-10-7-17(25)8-11-19/h3-13,20H,14H2,1-2H3,(H,28,29). The number of nitrogens with one attached hydrogen (secondary N) is 1. The molecule has 31 heavy (non-hydrogen) atoms. The van der Waals surface area contributed by atoms with Crippen molar-refractivity contribution in [2.45, 2.75) is 29.6 Å². The maximum atomic E-state index is 12.9. The number of pyridine rings is 1. The minimum atomic E-state index is -1.11. The number of aromatic nitrogens is 1. The van der Waals surface area contributed by atoms with Crippen molar-refractivity contribution in [1.82, 2.24) is 10.3 Å². The molecular formula is C23H21Cl3N2O2S. The van der Waals surface area contributed by atoms with E-state index in [4.69, 9.17) is 39.5 Å². The van der Waals surface area contributed by atoms with E-state index in [1.165, 1.54) is 6.20 Å². The van der Waals surface area contributed by atoms with Crippen molar-refractivity contribution < 1.29 is 9.53 Å². The SMILES string of the molecule is CC(C)(Oc1ccc(Cl)cn1)C(=O)NCC(Sc1ccc(Cl)cc1)c1ccc(Cl)cc1. The number of carbonyl (C=O) groups is 1. The van der Waals surface area contributed by atoms with Gasteiger partial charge in [-0.3, -0.25) is 4.79 Å². The van der Waals surface area contributed by atoms with Crippen molar-refractivity contribution in [3.05, 3.63) is 87.5 Å². The number of ether oxygens (including phenoxy) is 1. The van der Waals surface area contributed by atoms with Gasteiger partial charge in [-0.25, -0.2) is 4.98 Å². The predicted octanol–water partition coefficient (Wildman–Crippen LogP) is 6.85. The molecular weight excluding hydrogens is 475 g/mol. The molecule has 1 amide bonds. The third kappa shape index (κ3) is 7.04. The lowest BCUT2D eigenvalue weighted by molar-refractivity contribution is -0.134. The van der Waals surface area contributed by atoms with E-state index in [0.717, 1.165) is 10.5 Å². The molecule has 0 aliphatic carbocycles. The van der Waals surface area contributed by atoms with Gasteiger partial charge in [0, 0.05) is 33.7 Å². The van der Waals surface area contributed by atoms with E-state index in [2.05, 4.69) is 10.3 Å². The molecule has 3 aromatic rings. The van der Waals surface area contributed by atoms with Crippen LogP contribution in [0.5, 0.6) is 5.88 Å². The fourth-order valence-electron chi connectivity index (χ4n) is 2.71. The second-order valence-electron chi connectivity index (χ2n) is 7.25. The second-order valence-corrected chi connectivity index (χ2v) is 9.83. The first-order chi connectivity index (χ1) is 14.7. The highest BCUT2D eigenvalue weighted by Crippen LogP contribution is 2.36. The smallest absolute Gasteiger partial charge is 0.263 e. The number of nitrogens with zero attached hydrogens (tertiary/aromatic N) is 1. The largest absolute Gasteiger partial charge is 0.462 e. The van der Waals surface area contributed by atoms with Gasteiger partial charge in [0.15, 0.2) is 5.60 Å². The Morgan fingerprint density at radius 2 is 1.55 bits per heavy atom. The second kappa shape index (κ2) is 10.6. The van der Waals surface area contributed by atoms with E-state index < -0.39 is 5.60 Å².